The number of unbranched alkanes of at least 4 members (excludes halogenated alkanes) is 1. The topological polar surface area (TPSA) is 113 Å². The maximum atomic E-state index is 10.7. The van der Waals surface area contributed by atoms with Gasteiger partial charge in [0.25, 0.3) is 0 Å². The molecule has 84 valence electrons. The first-order valence-electron chi connectivity index (χ1n) is 4.83. The molecule has 0 aliphatic carbocycles. The average Bonchev–Trinajstić information content (AvgIpc) is 2.15. The third-order valence-electron chi connectivity index (χ3n) is 1.79. The van der Waals surface area contributed by atoms with E-state index in [4.69, 9.17) is 16.6 Å². The Bertz CT molecular complexity index is 144. The van der Waals surface area contributed by atoms with Gasteiger partial charge in [0.05, 0.1) is 0 Å². The van der Waals surface area contributed by atoms with E-state index in [9.17, 15) is 4.79 Å². The largest absolute Gasteiger partial charge is 0.480 e. The molecule has 0 saturated carbocycles. The number of aliphatic carboxylic acids is 1. The molecule has 0 aliphatic heterocycles. The van der Waals surface area contributed by atoms with Gasteiger partial charge in [-0.15, -0.1) is 0 Å². The molecule has 0 heterocycles. The molecule has 0 aromatic carbocycles. The van der Waals surface area contributed by atoms with Crippen LogP contribution in [0.25, 0.3) is 0 Å². The molecular formula is C8H20N4O2. The highest BCUT2D eigenvalue weighted by molar-refractivity contribution is 5.73. The summed E-state index contributed by atoms with van der Waals surface area (Å²) in [6.45, 7) is 1.63. The van der Waals surface area contributed by atoms with Crippen molar-refractivity contribution in [3.05, 3.63) is 0 Å². The molecule has 14 heavy (non-hydrogen) atoms. The van der Waals surface area contributed by atoms with E-state index in [1.54, 1.807) is 0 Å². The number of nitrogens with one attached hydrogen (secondary N) is 2. The molecule has 0 aromatic heterocycles. The van der Waals surface area contributed by atoms with Crippen molar-refractivity contribution in [2.45, 2.75) is 25.3 Å². The Morgan fingerprint density at radius 3 is 2.50 bits per heavy atom. The number of hydrogen-bond donors (Lipinski definition) is 5. The maximum absolute atomic E-state index is 10.7. The summed E-state index contributed by atoms with van der Waals surface area (Å²) in [4.78, 5) is 10.7. The van der Waals surface area contributed by atoms with E-state index < -0.39 is 12.0 Å². The minimum Gasteiger partial charge on any atom is -0.480 e. The van der Waals surface area contributed by atoms with Crippen LogP contribution >= 0.6 is 0 Å². The molecule has 0 spiro atoms. The molecule has 0 aliphatic rings. The summed E-state index contributed by atoms with van der Waals surface area (Å²) in [6.07, 6.45) is 2.23. The number of carbonyl (C=O) groups is 1. The summed E-state index contributed by atoms with van der Waals surface area (Å²) in [5, 5.41) is 8.81. The fourth-order valence-electron chi connectivity index (χ4n) is 1.02. The Morgan fingerprint density at radius 2 is 2.00 bits per heavy atom. The second-order valence-corrected chi connectivity index (χ2v) is 3.04. The Kier molecular flexibility index (Phi) is 8.45. The lowest BCUT2D eigenvalue weighted by atomic mass is 10.1. The predicted molar refractivity (Wildman–Crippen MR) is 54.5 cm³/mol. The summed E-state index contributed by atoms with van der Waals surface area (Å²) < 4.78 is 0. The van der Waals surface area contributed by atoms with E-state index in [1.165, 1.54) is 0 Å². The summed E-state index contributed by atoms with van der Waals surface area (Å²) in [7, 11) is 0. The quantitative estimate of drug-likeness (QED) is 0.234. The molecule has 0 rings (SSSR count). The van der Waals surface area contributed by atoms with Gasteiger partial charge in [-0.3, -0.25) is 10.2 Å². The van der Waals surface area contributed by atoms with Crippen molar-refractivity contribution in [2.75, 3.05) is 19.6 Å². The minimum absolute atomic E-state index is 0.474. The Morgan fingerprint density at radius 1 is 1.29 bits per heavy atom. The summed E-state index contributed by atoms with van der Waals surface area (Å²) in [6, 6.07) is -0.562. The predicted octanol–water partition coefficient (Wildman–Crippen LogP) is -1.38. The van der Waals surface area contributed by atoms with E-state index in [1.807, 2.05) is 0 Å². The van der Waals surface area contributed by atoms with Crippen LogP contribution in [0.15, 0.2) is 0 Å². The number of hydrogen-bond acceptors (Lipinski definition) is 5. The van der Waals surface area contributed by atoms with Gasteiger partial charge in [-0.25, -0.2) is 5.43 Å². The van der Waals surface area contributed by atoms with E-state index in [-0.39, 0.29) is 0 Å². The molecule has 1 atom stereocenters. The highest BCUT2D eigenvalue weighted by atomic mass is 16.4. The average molecular weight is 204 g/mol. The lowest BCUT2D eigenvalue weighted by Crippen LogP contribution is -2.47. The summed E-state index contributed by atoms with van der Waals surface area (Å²) >= 11 is 0. The van der Waals surface area contributed by atoms with Gasteiger partial charge < -0.3 is 16.6 Å². The Balaban J connectivity index is 3.61. The number of carboxylic acids is 1. The summed E-state index contributed by atoms with van der Waals surface area (Å²) in [5.41, 5.74) is 16.0. The Labute approximate surface area is 84.0 Å². The smallest absolute Gasteiger partial charge is 0.322 e. The van der Waals surface area contributed by atoms with E-state index >= 15 is 0 Å². The van der Waals surface area contributed by atoms with Crippen molar-refractivity contribution in [3.63, 3.8) is 0 Å². The Hall–Kier alpha value is -0.690. The van der Waals surface area contributed by atoms with Crippen molar-refractivity contribution < 1.29 is 9.90 Å². The van der Waals surface area contributed by atoms with Crippen LogP contribution in [0.1, 0.15) is 19.3 Å². The van der Waals surface area contributed by atoms with Crippen LogP contribution in [-0.4, -0.2) is 36.8 Å². The third kappa shape index (κ3) is 6.79. The van der Waals surface area contributed by atoms with Crippen LogP contribution in [0.5, 0.6) is 0 Å². The van der Waals surface area contributed by atoms with Gasteiger partial charge in [-0.1, -0.05) is 0 Å². The van der Waals surface area contributed by atoms with E-state index in [2.05, 4.69) is 10.9 Å². The van der Waals surface area contributed by atoms with Crippen molar-refractivity contribution in [1.82, 2.24) is 10.9 Å². The highest BCUT2D eigenvalue weighted by Crippen LogP contribution is 1.99. The molecule has 6 nitrogen and oxygen atoms in total. The zero-order chi connectivity index (χ0) is 10.8. The number of hydrazine groups is 1. The van der Waals surface area contributed by atoms with Crippen LogP contribution < -0.4 is 22.3 Å². The van der Waals surface area contributed by atoms with Gasteiger partial charge in [-0.2, -0.15) is 0 Å². The van der Waals surface area contributed by atoms with Crippen molar-refractivity contribution in [2.24, 2.45) is 11.5 Å². The highest BCUT2D eigenvalue weighted by Gasteiger charge is 2.15. The van der Waals surface area contributed by atoms with Gasteiger partial charge >= 0.3 is 5.97 Å². The van der Waals surface area contributed by atoms with E-state index in [0.717, 1.165) is 12.8 Å². The van der Waals surface area contributed by atoms with Gasteiger partial charge in [0.1, 0.15) is 6.04 Å². The molecule has 0 aromatic rings. The second-order valence-electron chi connectivity index (χ2n) is 3.04. The van der Waals surface area contributed by atoms with Crippen LogP contribution in [0, 0.1) is 0 Å². The van der Waals surface area contributed by atoms with Crippen molar-refractivity contribution >= 4 is 5.97 Å². The second kappa shape index (κ2) is 8.89. The van der Waals surface area contributed by atoms with Crippen LogP contribution in [0.2, 0.25) is 0 Å². The molecule has 7 N–H and O–H groups in total. The molecule has 0 fully saturated rings. The SMILES string of the molecule is NCCCCC(NNCCN)C(=O)O. The third-order valence-corrected chi connectivity index (χ3v) is 1.79. The normalized spacial score (nSPS) is 12.7. The van der Waals surface area contributed by atoms with Gasteiger partial charge in [0.15, 0.2) is 0 Å². The standard InChI is InChI=1S/C8H20N4O2/c9-4-2-1-3-7(8(13)14)12-11-6-5-10/h7,11-12H,1-6,9-10H2,(H,13,14). The zero-order valence-electron chi connectivity index (χ0n) is 8.33. The number of nitrogens with two attached hydrogens (primary N) is 2. The lowest BCUT2D eigenvalue weighted by Gasteiger charge is -2.14. The van der Waals surface area contributed by atoms with Gasteiger partial charge in [-0.05, 0) is 25.8 Å². The van der Waals surface area contributed by atoms with Crippen molar-refractivity contribution in [3.8, 4) is 0 Å². The zero-order valence-corrected chi connectivity index (χ0v) is 8.33. The van der Waals surface area contributed by atoms with E-state index in [0.29, 0.717) is 26.1 Å². The molecule has 0 amide bonds. The number of rotatable bonds is 9. The van der Waals surface area contributed by atoms with Crippen molar-refractivity contribution in [1.29, 1.82) is 0 Å². The van der Waals surface area contributed by atoms with Crippen LogP contribution in [-0.2, 0) is 4.79 Å². The number of carboxylic acid groups (broad SMARTS) is 1. The first-order chi connectivity index (χ1) is 6.72. The van der Waals surface area contributed by atoms with Crippen LogP contribution in [0.4, 0.5) is 0 Å². The summed E-state index contributed by atoms with van der Waals surface area (Å²) in [5.74, 6) is -0.855. The van der Waals surface area contributed by atoms with Crippen LogP contribution in [0.3, 0.4) is 0 Å². The fraction of sp³-hybridized carbons (Fsp3) is 0.875. The first kappa shape index (κ1) is 13.3. The molecule has 0 saturated heterocycles. The van der Waals surface area contributed by atoms with Gasteiger partial charge in [0, 0.05) is 13.1 Å². The minimum atomic E-state index is -0.855. The molecule has 6 heteroatoms. The maximum Gasteiger partial charge on any atom is 0.322 e. The van der Waals surface area contributed by atoms with Gasteiger partial charge in [0.2, 0.25) is 0 Å². The first-order valence-corrected chi connectivity index (χ1v) is 4.83. The molecule has 0 radical (unpaired) electrons. The molecule has 1 unspecified atom stereocenters. The lowest BCUT2D eigenvalue weighted by molar-refractivity contribution is -0.140. The molecular weight excluding hydrogens is 184 g/mol. The monoisotopic (exact) mass is 204 g/mol. The fourth-order valence-corrected chi connectivity index (χ4v) is 1.02. The molecule has 0 bridgehead atoms.